The third-order valence-electron chi connectivity index (χ3n) is 2.81. The van der Waals surface area contributed by atoms with Crippen LogP contribution in [0.1, 0.15) is 20.8 Å². The fourth-order valence-corrected chi connectivity index (χ4v) is 4.53. The van der Waals surface area contributed by atoms with Gasteiger partial charge in [0.05, 0.1) is 11.5 Å². The van der Waals surface area contributed by atoms with Crippen LogP contribution in [0.4, 0.5) is 0 Å². The van der Waals surface area contributed by atoms with Crippen LogP contribution in [0.15, 0.2) is 0 Å². The maximum absolute atomic E-state index is 11.5. The number of sulfone groups is 1. The second-order valence-electron chi connectivity index (χ2n) is 4.59. The molecule has 1 fully saturated rings. The molecular formula is C10H21NO2S2. The van der Waals surface area contributed by atoms with E-state index in [1.807, 2.05) is 25.6 Å². The first kappa shape index (κ1) is 13.3. The second kappa shape index (κ2) is 5.06. The molecule has 0 N–H and O–H groups in total. The van der Waals surface area contributed by atoms with Crippen LogP contribution in [-0.4, -0.2) is 55.0 Å². The lowest BCUT2D eigenvalue weighted by molar-refractivity contribution is 0.150. The summed E-state index contributed by atoms with van der Waals surface area (Å²) in [6, 6.07) is 0. The van der Waals surface area contributed by atoms with Gasteiger partial charge in [-0.2, -0.15) is 11.8 Å². The average molecular weight is 251 g/mol. The average Bonchev–Trinajstić information content (AvgIpc) is 2.06. The van der Waals surface area contributed by atoms with E-state index in [2.05, 4.69) is 11.8 Å². The first-order valence-electron chi connectivity index (χ1n) is 5.40. The predicted molar refractivity (Wildman–Crippen MR) is 67.3 cm³/mol. The summed E-state index contributed by atoms with van der Waals surface area (Å²) in [6.45, 7) is 7.90. The molecule has 0 aromatic heterocycles. The molecule has 0 unspecified atom stereocenters. The Labute approximate surface area is 97.5 Å². The minimum absolute atomic E-state index is 0.189. The van der Waals surface area contributed by atoms with Gasteiger partial charge in [0.1, 0.15) is 0 Å². The highest BCUT2D eigenvalue weighted by molar-refractivity contribution is 7.99. The van der Waals surface area contributed by atoms with Crippen LogP contribution >= 0.6 is 11.8 Å². The molecule has 0 spiro atoms. The Morgan fingerprint density at radius 1 is 1.40 bits per heavy atom. The molecule has 3 nitrogen and oxygen atoms in total. The predicted octanol–water partition coefficient (Wildman–Crippen LogP) is 1.25. The molecule has 1 aliphatic rings. The van der Waals surface area contributed by atoms with Crippen molar-refractivity contribution < 1.29 is 8.42 Å². The molecule has 15 heavy (non-hydrogen) atoms. The fourth-order valence-electron chi connectivity index (χ4n) is 1.99. The van der Waals surface area contributed by atoms with E-state index < -0.39 is 9.84 Å². The van der Waals surface area contributed by atoms with Gasteiger partial charge in [-0.1, -0.05) is 6.92 Å². The maximum atomic E-state index is 11.5. The van der Waals surface area contributed by atoms with Crippen molar-refractivity contribution in [2.45, 2.75) is 26.3 Å². The van der Waals surface area contributed by atoms with Crippen LogP contribution in [0.5, 0.6) is 0 Å². The Bertz CT molecular complexity index is 299. The van der Waals surface area contributed by atoms with Crippen molar-refractivity contribution in [2.24, 2.45) is 0 Å². The molecule has 0 aliphatic carbocycles. The quantitative estimate of drug-likeness (QED) is 0.705. The van der Waals surface area contributed by atoms with E-state index in [1.165, 1.54) is 0 Å². The first-order chi connectivity index (χ1) is 6.87. The van der Waals surface area contributed by atoms with Crippen LogP contribution in [-0.2, 0) is 9.84 Å². The molecule has 1 heterocycles. The molecule has 1 saturated heterocycles. The minimum Gasteiger partial charge on any atom is -0.295 e. The number of rotatable bonds is 4. The van der Waals surface area contributed by atoms with Gasteiger partial charge in [0.25, 0.3) is 0 Å². The van der Waals surface area contributed by atoms with E-state index in [-0.39, 0.29) is 5.54 Å². The first-order valence-corrected chi connectivity index (χ1v) is 8.38. The molecular weight excluding hydrogens is 230 g/mol. The number of thioether (sulfide) groups is 1. The van der Waals surface area contributed by atoms with Gasteiger partial charge >= 0.3 is 0 Å². The second-order valence-corrected chi connectivity index (χ2v) is 8.17. The van der Waals surface area contributed by atoms with E-state index in [4.69, 9.17) is 0 Å². The zero-order valence-electron chi connectivity index (χ0n) is 9.82. The minimum atomic E-state index is -2.80. The van der Waals surface area contributed by atoms with Crippen LogP contribution < -0.4 is 0 Å². The molecule has 0 atom stereocenters. The molecule has 0 amide bonds. The van der Waals surface area contributed by atoms with Crippen LogP contribution in [0, 0.1) is 0 Å². The van der Waals surface area contributed by atoms with Crippen LogP contribution in [0.25, 0.3) is 0 Å². The summed E-state index contributed by atoms with van der Waals surface area (Å²) in [5.41, 5.74) is -0.189. The Hall–Kier alpha value is 0.260. The van der Waals surface area contributed by atoms with Gasteiger partial charge in [-0.05, 0) is 19.6 Å². The number of nitrogens with zero attached hydrogens (tertiary/aromatic N) is 1. The zero-order valence-corrected chi connectivity index (χ0v) is 11.5. The summed E-state index contributed by atoms with van der Waals surface area (Å²) in [5, 5.41) is 0. The van der Waals surface area contributed by atoms with Crippen molar-refractivity contribution in [3.63, 3.8) is 0 Å². The molecule has 0 saturated carbocycles. The van der Waals surface area contributed by atoms with E-state index in [9.17, 15) is 8.42 Å². The molecule has 5 heteroatoms. The summed E-state index contributed by atoms with van der Waals surface area (Å²) in [5.74, 6) is 2.86. The van der Waals surface area contributed by atoms with Crippen molar-refractivity contribution in [1.82, 2.24) is 4.90 Å². The van der Waals surface area contributed by atoms with E-state index in [0.29, 0.717) is 18.1 Å². The summed E-state index contributed by atoms with van der Waals surface area (Å²) < 4.78 is 23.0. The lowest BCUT2D eigenvalue weighted by Crippen LogP contribution is -2.55. The maximum Gasteiger partial charge on any atom is 0.153 e. The van der Waals surface area contributed by atoms with Gasteiger partial charge in [0.2, 0.25) is 0 Å². The van der Waals surface area contributed by atoms with Crippen molar-refractivity contribution in [1.29, 1.82) is 0 Å². The fraction of sp³-hybridized carbons (Fsp3) is 1.00. The highest BCUT2D eigenvalue weighted by Gasteiger charge is 2.36. The monoisotopic (exact) mass is 251 g/mol. The Balaban J connectivity index is 2.53. The topological polar surface area (TPSA) is 37.4 Å². The van der Waals surface area contributed by atoms with Crippen molar-refractivity contribution in [3.05, 3.63) is 0 Å². The molecule has 1 rings (SSSR count). The van der Waals surface area contributed by atoms with Gasteiger partial charge in [-0.3, -0.25) is 4.90 Å². The molecule has 90 valence electrons. The van der Waals surface area contributed by atoms with Gasteiger partial charge in [-0.25, -0.2) is 8.42 Å². The summed E-state index contributed by atoms with van der Waals surface area (Å²) >= 11 is 1.91. The number of hydrogen-bond acceptors (Lipinski definition) is 4. The van der Waals surface area contributed by atoms with Crippen LogP contribution in [0.3, 0.4) is 0 Å². The number of hydrogen-bond donors (Lipinski definition) is 0. The highest BCUT2D eigenvalue weighted by atomic mass is 32.2. The van der Waals surface area contributed by atoms with E-state index >= 15 is 0 Å². The third-order valence-corrected chi connectivity index (χ3v) is 5.64. The lowest BCUT2D eigenvalue weighted by Gasteiger charge is -2.41. The molecule has 1 aliphatic heterocycles. The SMILES string of the molecule is CCSCCN1CCS(=O)(=O)CC1(C)C. The largest absolute Gasteiger partial charge is 0.295 e. The Kier molecular flexibility index (Phi) is 4.50. The molecule has 0 radical (unpaired) electrons. The molecule has 0 bridgehead atoms. The summed E-state index contributed by atoms with van der Waals surface area (Å²) in [4.78, 5) is 2.30. The molecule has 0 aromatic carbocycles. The Morgan fingerprint density at radius 3 is 2.60 bits per heavy atom. The van der Waals surface area contributed by atoms with Crippen LogP contribution in [0.2, 0.25) is 0 Å². The third kappa shape index (κ3) is 3.96. The van der Waals surface area contributed by atoms with Gasteiger partial charge in [0, 0.05) is 24.4 Å². The lowest BCUT2D eigenvalue weighted by atomic mass is 10.1. The standard InChI is InChI=1S/C10H21NO2S2/c1-4-14-7-5-11-6-8-15(12,13)9-10(11,2)3/h4-9H2,1-3H3. The van der Waals surface area contributed by atoms with Crippen molar-refractivity contribution in [3.8, 4) is 0 Å². The van der Waals surface area contributed by atoms with E-state index in [0.717, 1.165) is 18.1 Å². The summed E-state index contributed by atoms with van der Waals surface area (Å²) in [7, 11) is -2.80. The van der Waals surface area contributed by atoms with Crippen molar-refractivity contribution in [2.75, 3.05) is 36.1 Å². The Morgan fingerprint density at radius 2 is 2.07 bits per heavy atom. The smallest absolute Gasteiger partial charge is 0.153 e. The zero-order chi connectivity index (χ0) is 11.5. The van der Waals surface area contributed by atoms with Gasteiger partial charge in [-0.15, -0.1) is 0 Å². The van der Waals surface area contributed by atoms with Gasteiger partial charge in [0.15, 0.2) is 9.84 Å². The molecule has 0 aromatic rings. The summed E-state index contributed by atoms with van der Waals surface area (Å²) in [6.07, 6.45) is 0. The highest BCUT2D eigenvalue weighted by Crippen LogP contribution is 2.22. The normalized spacial score (nSPS) is 25.3. The van der Waals surface area contributed by atoms with Gasteiger partial charge < -0.3 is 0 Å². The van der Waals surface area contributed by atoms with E-state index in [1.54, 1.807) is 0 Å². The van der Waals surface area contributed by atoms with Crippen molar-refractivity contribution >= 4 is 21.6 Å².